The van der Waals surface area contributed by atoms with E-state index in [0.717, 1.165) is 6.26 Å². The summed E-state index contributed by atoms with van der Waals surface area (Å²) in [5, 5.41) is 5.92. The number of nitrogens with two attached hydrogens (primary N) is 1. The van der Waals surface area contributed by atoms with Crippen LogP contribution in [0.25, 0.3) is 5.52 Å². The van der Waals surface area contributed by atoms with Gasteiger partial charge in [-0.3, -0.25) is 14.0 Å². The maximum Gasteiger partial charge on any atom is 0.272 e. The molecule has 3 heterocycles. The predicted molar refractivity (Wildman–Crippen MR) is 86.8 cm³/mol. The molecule has 2 aromatic rings. The predicted octanol–water partition coefficient (Wildman–Crippen LogP) is -0.902. The number of rotatable bonds is 5. The third kappa shape index (κ3) is 3.31. The molecule has 1 aliphatic heterocycles. The molecule has 0 bridgehead atoms. The van der Waals surface area contributed by atoms with Crippen molar-refractivity contribution in [2.75, 3.05) is 12.8 Å². The van der Waals surface area contributed by atoms with E-state index in [4.69, 9.17) is 10.6 Å². The number of carbonyl (C=O) groups is 2. The van der Waals surface area contributed by atoms with Crippen LogP contribution in [0, 0.1) is 0 Å². The Hall–Kier alpha value is -2.95. The molecule has 0 fully saturated rings. The lowest BCUT2D eigenvalue weighted by Gasteiger charge is -2.08. The molecule has 3 N–H and O–H groups in total. The van der Waals surface area contributed by atoms with Crippen LogP contribution in [0.15, 0.2) is 34.7 Å². The molecule has 1 atom stereocenters. The molecule has 0 saturated heterocycles. The van der Waals surface area contributed by atoms with E-state index in [2.05, 4.69) is 15.5 Å². The highest BCUT2D eigenvalue weighted by Crippen LogP contribution is 2.17. The van der Waals surface area contributed by atoms with Crippen molar-refractivity contribution in [2.24, 2.45) is 10.9 Å². The third-order valence-corrected chi connectivity index (χ3v) is 4.52. The van der Waals surface area contributed by atoms with Gasteiger partial charge in [0.2, 0.25) is 15.0 Å². The number of fused-ring (bicyclic) bond motifs is 1. The van der Waals surface area contributed by atoms with Crippen molar-refractivity contribution in [3.8, 4) is 0 Å². The van der Waals surface area contributed by atoms with E-state index in [0.29, 0.717) is 5.52 Å². The number of aromatic nitrogens is 2. The van der Waals surface area contributed by atoms with Crippen LogP contribution in [0.2, 0.25) is 0 Å². The van der Waals surface area contributed by atoms with Gasteiger partial charge in [0.1, 0.15) is 5.71 Å². The molecule has 2 amide bonds. The normalized spacial score (nSPS) is 17.2. The Morgan fingerprint density at radius 1 is 1.44 bits per heavy atom. The van der Waals surface area contributed by atoms with Gasteiger partial charge in [-0.15, -0.1) is 0 Å². The van der Waals surface area contributed by atoms with E-state index in [1.807, 2.05) is 0 Å². The Kier molecular flexibility index (Phi) is 4.17. The topological polar surface area (TPSA) is 145 Å². The molecule has 11 heteroatoms. The highest BCUT2D eigenvalue weighted by Gasteiger charge is 2.27. The first-order valence-electron chi connectivity index (χ1n) is 7.25. The molecule has 2 aromatic heterocycles. The Morgan fingerprint density at radius 3 is 2.84 bits per heavy atom. The lowest BCUT2D eigenvalue weighted by molar-refractivity contribution is -0.112. The van der Waals surface area contributed by atoms with E-state index in [9.17, 15) is 18.0 Å². The summed E-state index contributed by atoms with van der Waals surface area (Å²) in [6.45, 7) is 0.0686. The zero-order valence-corrected chi connectivity index (χ0v) is 14.0. The average Bonchev–Trinajstić information content (AvgIpc) is 3.17. The summed E-state index contributed by atoms with van der Waals surface area (Å²) in [4.78, 5) is 32.4. The van der Waals surface area contributed by atoms with Crippen molar-refractivity contribution < 1.29 is 22.8 Å². The summed E-state index contributed by atoms with van der Waals surface area (Å²) in [6.07, 6.45) is 2.21. The zero-order chi connectivity index (χ0) is 18.2. The maximum atomic E-state index is 12.4. The summed E-state index contributed by atoms with van der Waals surface area (Å²) < 4.78 is 25.0. The molecule has 0 unspecified atom stereocenters. The van der Waals surface area contributed by atoms with Crippen molar-refractivity contribution in [1.82, 2.24) is 14.7 Å². The second kappa shape index (κ2) is 6.16. The molecule has 0 spiro atoms. The SMILES string of the molecule is CS(=O)(=O)c1nc(C(=O)NC[C@@H]2CC(C(N)=O)=NO2)c2ccccn12. The van der Waals surface area contributed by atoms with Gasteiger partial charge in [0.25, 0.3) is 11.8 Å². The lowest BCUT2D eigenvalue weighted by Crippen LogP contribution is -2.33. The number of nitrogens with zero attached hydrogens (tertiary/aromatic N) is 3. The summed E-state index contributed by atoms with van der Waals surface area (Å²) in [6, 6.07) is 4.91. The number of hydrogen-bond acceptors (Lipinski definition) is 7. The van der Waals surface area contributed by atoms with Crippen molar-refractivity contribution in [2.45, 2.75) is 17.7 Å². The number of imidazole rings is 1. The fraction of sp³-hybridized carbons (Fsp3) is 0.286. The Morgan fingerprint density at radius 2 is 2.20 bits per heavy atom. The van der Waals surface area contributed by atoms with Crippen LogP contribution in [0.4, 0.5) is 0 Å². The van der Waals surface area contributed by atoms with Crippen molar-refractivity contribution in [3.63, 3.8) is 0 Å². The molecule has 3 rings (SSSR count). The summed E-state index contributed by atoms with van der Waals surface area (Å²) in [5.41, 5.74) is 5.55. The number of pyridine rings is 1. The molecule has 0 saturated carbocycles. The minimum atomic E-state index is -3.61. The van der Waals surface area contributed by atoms with Crippen LogP contribution in [-0.4, -0.2) is 54.2 Å². The minimum Gasteiger partial charge on any atom is -0.390 e. The zero-order valence-electron chi connectivity index (χ0n) is 13.2. The Labute approximate surface area is 142 Å². The highest BCUT2D eigenvalue weighted by molar-refractivity contribution is 7.90. The molecule has 1 aliphatic rings. The van der Waals surface area contributed by atoms with Crippen LogP contribution >= 0.6 is 0 Å². The average molecular weight is 365 g/mol. The van der Waals surface area contributed by atoms with Gasteiger partial charge in [0.15, 0.2) is 11.8 Å². The van der Waals surface area contributed by atoms with Gasteiger partial charge in [0, 0.05) is 18.9 Å². The first-order chi connectivity index (χ1) is 11.8. The van der Waals surface area contributed by atoms with E-state index < -0.39 is 27.8 Å². The first-order valence-corrected chi connectivity index (χ1v) is 9.14. The standard InChI is InChI=1S/C14H15N5O5S/c1-25(22,23)14-17-11(10-4-2-3-5-19(10)14)13(21)16-7-8-6-9(12(15)20)18-24-8/h2-5,8H,6-7H2,1H3,(H2,15,20)(H,16,21)/t8-/m0/s1. The fourth-order valence-corrected chi connectivity index (χ4v) is 3.19. The molecule has 25 heavy (non-hydrogen) atoms. The van der Waals surface area contributed by atoms with Gasteiger partial charge in [-0.05, 0) is 12.1 Å². The summed E-state index contributed by atoms with van der Waals surface area (Å²) >= 11 is 0. The quantitative estimate of drug-likeness (QED) is 0.702. The molecule has 10 nitrogen and oxygen atoms in total. The molecule has 0 aliphatic carbocycles. The molecule has 132 valence electrons. The smallest absolute Gasteiger partial charge is 0.272 e. The first kappa shape index (κ1) is 16.9. The van der Waals surface area contributed by atoms with E-state index in [1.54, 1.807) is 18.2 Å². The number of sulfone groups is 1. The van der Waals surface area contributed by atoms with Crippen molar-refractivity contribution in [3.05, 3.63) is 30.1 Å². The van der Waals surface area contributed by atoms with E-state index in [1.165, 1.54) is 10.6 Å². The molecular weight excluding hydrogens is 350 g/mol. The molecule has 0 radical (unpaired) electrons. The van der Waals surface area contributed by atoms with Gasteiger partial charge in [-0.2, -0.15) is 0 Å². The number of amides is 2. The van der Waals surface area contributed by atoms with Crippen LogP contribution in [0.1, 0.15) is 16.9 Å². The minimum absolute atomic E-state index is 0.0185. The fourth-order valence-electron chi connectivity index (χ4n) is 2.41. The summed E-state index contributed by atoms with van der Waals surface area (Å²) in [7, 11) is -3.61. The van der Waals surface area contributed by atoms with Gasteiger partial charge in [-0.25, -0.2) is 13.4 Å². The molecule has 0 aromatic carbocycles. The third-order valence-electron chi connectivity index (χ3n) is 3.57. The van der Waals surface area contributed by atoms with Gasteiger partial charge >= 0.3 is 0 Å². The van der Waals surface area contributed by atoms with Gasteiger partial charge in [0.05, 0.1) is 12.1 Å². The molecular formula is C14H15N5O5S. The van der Waals surface area contributed by atoms with Gasteiger partial charge in [-0.1, -0.05) is 11.2 Å². The number of oxime groups is 1. The van der Waals surface area contributed by atoms with Crippen LogP contribution in [0.5, 0.6) is 0 Å². The van der Waals surface area contributed by atoms with Crippen LogP contribution in [-0.2, 0) is 19.5 Å². The van der Waals surface area contributed by atoms with Crippen LogP contribution < -0.4 is 11.1 Å². The van der Waals surface area contributed by atoms with Crippen LogP contribution in [0.3, 0.4) is 0 Å². The number of carbonyl (C=O) groups excluding carboxylic acids is 2. The van der Waals surface area contributed by atoms with Crippen molar-refractivity contribution >= 4 is 32.9 Å². The van der Waals surface area contributed by atoms with E-state index in [-0.39, 0.29) is 29.5 Å². The number of nitrogens with one attached hydrogen (secondary N) is 1. The highest BCUT2D eigenvalue weighted by atomic mass is 32.2. The largest absolute Gasteiger partial charge is 0.390 e. The Bertz CT molecular complexity index is 994. The maximum absolute atomic E-state index is 12.4. The number of hydrogen-bond donors (Lipinski definition) is 2. The Balaban J connectivity index is 1.78. The monoisotopic (exact) mass is 365 g/mol. The summed E-state index contributed by atoms with van der Waals surface area (Å²) in [5.74, 6) is -1.23. The van der Waals surface area contributed by atoms with Gasteiger partial charge < -0.3 is 15.9 Å². The van der Waals surface area contributed by atoms with Crippen molar-refractivity contribution in [1.29, 1.82) is 0 Å². The second-order valence-corrected chi connectivity index (χ2v) is 7.42. The number of primary amides is 1. The lowest BCUT2D eigenvalue weighted by atomic mass is 10.1. The van der Waals surface area contributed by atoms with E-state index >= 15 is 0 Å². The second-order valence-electron chi connectivity index (χ2n) is 5.51.